The topological polar surface area (TPSA) is 80.3 Å². The van der Waals surface area contributed by atoms with Crippen LogP contribution < -0.4 is 10.2 Å². The van der Waals surface area contributed by atoms with Gasteiger partial charge in [0.15, 0.2) is 0 Å². The summed E-state index contributed by atoms with van der Waals surface area (Å²) in [4.78, 5) is 19.0. The van der Waals surface area contributed by atoms with Gasteiger partial charge in [0.25, 0.3) is 0 Å². The monoisotopic (exact) mass is 321 g/mol. The van der Waals surface area contributed by atoms with Crippen molar-refractivity contribution >= 4 is 11.9 Å². The molecule has 0 aromatic heterocycles. The van der Waals surface area contributed by atoms with Crippen molar-refractivity contribution in [1.29, 1.82) is 0 Å². The van der Waals surface area contributed by atoms with E-state index in [4.69, 9.17) is 0 Å². The van der Waals surface area contributed by atoms with Crippen LogP contribution in [0.2, 0.25) is 0 Å². The van der Waals surface area contributed by atoms with Gasteiger partial charge in [0.05, 0.1) is 0 Å². The molecule has 0 saturated heterocycles. The van der Waals surface area contributed by atoms with Crippen molar-refractivity contribution in [3.63, 3.8) is 0 Å². The molecule has 0 atom stereocenters. The molecule has 1 saturated carbocycles. The van der Waals surface area contributed by atoms with Gasteiger partial charge < -0.3 is 19.8 Å². The van der Waals surface area contributed by atoms with Crippen LogP contribution in [0, 0.1) is 0 Å². The summed E-state index contributed by atoms with van der Waals surface area (Å²) in [6, 6.07) is 0. The Morgan fingerprint density at radius 2 is 0.947 bits per heavy atom. The Morgan fingerprint density at radius 1 is 0.737 bits per heavy atom. The molecule has 4 nitrogen and oxygen atoms in total. The second kappa shape index (κ2) is 19.8. The Labute approximate surface area is 127 Å². The van der Waals surface area contributed by atoms with Gasteiger partial charge in [0, 0.05) is 11.9 Å². The Balaban J connectivity index is -0.000000197. The summed E-state index contributed by atoms with van der Waals surface area (Å²) in [5, 5.41) is 19.0. The smallest absolute Gasteiger partial charge is 0.550 e. The molecule has 117 valence electrons. The minimum atomic E-state index is -0.961. The minimum absolute atomic E-state index is 0. The van der Waals surface area contributed by atoms with Gasteiger partial charge in [-0.25, -0.2) is 0 Å². The van der Waals surface area contributed by atoms with Crippen molar-refractivity contribution in [3.8, 4) is 0 Å². The van der Waals surface area contributed by atoms with E-state index in [9.17, 15) is 19.8 Å². The van der Waals surface area contributed by atoms with Gasteiger partial charge in [-0.15, -0.1) is 0 Å². The maximum atomic E-state index is 9.49. The summed E-state index contributed by atoms with van der Waals surface area (Å²) in [6.45, 7) is 3.60. The molecule has 0 unspecified atom stereocenters. The summed E-state index contributed by atoms with van der Waals surface area (Å²) in [5.74, 6) is -1.92. The Kier molecular flexibility index (Phi) is 24.5. The average Bonchev–Trinajstić information content (AvgIpc) is 2.32. The number of aliphatic carboxylic acids is 2. The van der Waals surface area contributed by atoms with Gasteiger partial charge >= 0.3 is 17.1 Å². The van der Waals surface area contributed by atoms with E-state index in [0.29, 0.717) is 12.8 Å². The maximum Gasteiger partial charge on any atom is 2.00 e. The first-order chi connectivity index (χ1) is 8.54. The first kappa shape index (κ1) is 23.5. The van der Waals surface area contributed by atoms with Crippen molar-refractivity contribution in [3.05, 3.63) is 0 Å². The average molecular weight is 322 g/mol. The van der Waals surface area contributed by atoms with Crippen molar-refractivity contribution in [2.75, 3.05) is 0 Å². The van der Waals surface area contributed by atoms with Crippen molar-refractivity contribution < 1.29 is 36.9 Å². The van der Waals surface area contributed by atoms with Crippen molar-refractivity contribution in [2.24, 2.45) is 0 Å². The van der Waals surface area contributed by atoms with E-state index in [0.717, 1.165) is 0 Å². The number of hydrogen-bond acceptors (Lipinski definition) is 4. The zero-order chi connectivity index (χ0) is 14.2. The predicted molar refractivity (Wildman–Crippen MR) is 67.5 cm³/mol. The fraction of sp³-hybridized carbons (Fsp3) is 0.857. The molecule has 0 spiro atoms. The van der Waals surface area contributed by atoms with Crippen molar-refractivity contribution in [1.82, 2.24) is 0 Å². The molecule has 0 bridgehead atoms. The van der Waals surface area contributed by atoms with Gasteiger partial charge in [0.2, 0.25) is 0 Å². The molecular weight excluding hydrogens is 296 g/mol. The van der Waals surface area contributed by atoms with Crippen LogP contribution in [0.15, 0.2) is 0 Å². The number of carboxylic acid groups (broad SMARTS) is 2. The van der Waals surface area contributed by atoms with Crippen LogP contribution in [-0.4, -0.2) is 11.9 Å². The molecule has 1 rings (SSSR count). The molecule has 0 N–H and O–H groups in total. The normalized spacial score (nSPS) is 12.7. The molecule has 1 fully saturated rings. The Morgan fingerprint density at radius 3 is 1.00 bits per heavy atom. The van der Waals surface area contributed by atoms with E-state index >= 15 is 0 Å². The van der Waals surface area contributed by atoms with Crippen LogP contribution in [0.3, 0.4) is 0 Å². The second-order valence-corrected chi connectivity index (χ2v) is 4.37. The van der Waals surface area contributed by atoms with E-state index in [-0.39, 0.29) is 29.9 Å². The van der Waals surface area contributed by atoms with Crippen LogP contribution in [0.4, 0.5) is 0 Å². The largest absolute Gasteiger partial charge is 2.00 e. The molecular formula is C14H26CuO4. The van der Waals surface area contributed by atoms with E-state index in [1.807, 2.05) is 0 Å². The summed E-state index contributed by atoms with van der Waals surface area (Å²) in [5.41, 5.74) is 0. The minimum Gasteiger partial charge on any atom is -0.550 e. The van der Waals surface area contributed by atoms with E-state index in [1.54, 1.807) is 13.8 Å². The number of hydrogen-bond donors (Lipinski definition) is 0. The van der Waals surface area contributed by atoms with Gasteiger partial charge in [-0.3, -0.25) is 0 Å². The quantitative estimate of drug-likeness (QED) is 0.733. The molecule has 0 amide bonds. The van der Waals surface area contributed by atoms with Gasteiger partial charge in [-0.05, 0) is 12.8 Å². The first-order valence-electron chi connectivity index (χ1n) is 6.94. The van der Waals surface area contributed by atoms with Gasteiger partial charge in [0.1, 0.15) is 0 Å². The van der Waals surface area contributed by atoms with Crippen LogP contribution in [0.1, 0.15) is 78.1 Å². The molecule has 0 aromatic rings. The summed E-state index contributed by atoms with van der Waals surface area (Å²) < 4.78 is 0. The molecule has 0 aromatic carbocycles. The molecule has 1 aliphatic carbocycles. The van der Waals surface area contributed by atoms with Crippen LogP contribution >= 0.6 is 0 Å². The van der Waals surface area contributed by atoms with Gasteiger partial charge in [-0.1, -0.05) is 65.2 Å². The van der Waals surface area contributed by atoms with Crippen LogP contribution in [0.25, 0.3) is 0 Å². The summed E-state index contributed by atoms with van der Waals surface area (Å²) in [7, 11) is 0. The number of carboxylic acids is 2. The zero-order valence-electron chi connectivity index (χ0n) is 12.0. The molecule has 5 heteroatoms. The fourth-order valence-corrected chi connectivity index (χ4v) is 1.47. The summed E-state index contributed by atoms with van der Waals surface area (Å²) >= 11 is 0. The maximum absolute atomic E-state index is 9.49. The summed E-state index contributed by atoms with van der Waals surface area (Å²) in [6.07, 6.45) is 10.7. The number of carbonyl (C=O) groups excluding carboxylic acids is 2. The third kappa shape index (κ3) is 31.8. The Bertz CT molecular complexity index is 176. The van der Waals surface area contributed by atoms with E-state index in [1.165, 1.54) is 38.5 Å². The zero-order valence-corrected chi connectivity index (χ0v) is 12.9. The second-order valence-electron chi connectivity index (χ2n) is 4.37. The SMILES string of the molecule is C1CCCCC1.CCCC(=O)[O-].CCCC(=O)[O-].[Cu+2]. The number of carbonyl (C=O) groups is 2. The number of rotatable bonds is 4. The standard InChI is InChI=1S/C6H12.2C4H8O2.Cu/c1-2-4-6-5-3-1;2*1-2-3-4(5)6;/h1-6H2;2*2-3H2,1H3,(H,5,6);/q;;;+2/p-2. The van der Waals surface area contributed by atoms with Gasteiger partial charge in [-0.2, -0.15) is 0 Å². The van der Waals surface area contributed by atoms with Crippen molar-refractivity contribution in [2.45, 2.75) is 78.1 Å². The molecule has 1 radical (unpaired) electrons. The third-order valence-corrected chi connectivity index (χ3v) is 2.41. The fourth-order valence-electron chi connectivity index (χ4n) is 1.47. The third-order valence-electron chi connectivity index (χ3n) is 2.41. The molecule has 19 heavy (non-hydrogen) atoms. The molecule has 1 aliphatic rings. The van der Waals surface area contributed by atoms with E-state index < -0.39 is 11.9 Å². The molecule has 0 aliphatic heterocycles. The predicted octanol–water partition coefficient (Wildman–Crippen LogP) is 1.41. The van der Waals surface area contributed by atoms with E-state index in [2.05, 4.69) is 0 Å². The van der Waals surface area contributed by atoms with Crippen LogP contribution in [-0.2, 0) is 26.7 Å². The van der Waals surface area contributed by atoms with Crippen LogP contribution in [0.5, 0.6) is 0 Å². The first-order valence-corrected chi connectivity index (χ1v) is 6.94. The Hall–Kier alpha value is -0.541. The molecule has 0 heterocycles.